The Balaban J connectivity index is 2.26. The molecule has 0 saturated heterocycles. The van der Waals surface area contributed by atoms with Crippen molar-refractivity contribution < 1.29 is 4.79 Å². The fourth-order valence-electron chi connectivity index (χ4n) is 1.47. The molecule has 92 valence electrons. The van der Waals surface area contributed by atoms with Gasteiger partial charge in [-0.2, -0.15) is 0 Å². The number of pyridine rings is 1. The highest BCUT2D eigenvalue weighted by molar-refractivity contribution is 6.31. The second-order valence-electron chi connectivity index (χ2n) is 3.53. The number of benzene rings is 1. The number of rotatable bonds is 3. The van der Waals surface area contributed by atoms with Crippen molar-refractivity contribution in [1.29, 1.82) is 0 Å². The van der Waals surface area contributed by atoms with Gasteiger partial charge in [0.1, 0.15) is 0 Å². The Morgan fingerprint density at radius 3 is 2.83 bits per heavy atom. The van der Waals surface area contributed by atoms with E-state index in [4.69, 9.17) is 17.4 Å². The number of halogens is 1. The van der Waals surface area contributed by atoms with Gasteiger partial charge in [0, 0.05) is 11.2 Å². The van der Waals surface area contributed by atoms with Crippen molar-refractivity contribution in [2.45, 2.75) is 0 Å². The summed E-state index contributed by atoms with van der Waals surface area (Å²) in [6.07, 6.45) is 3.18. The SMILES string of the molecule is NNc1ccc(Cl)cc1C(=O)Nc1cccnc1. The van der Waals surface area contributed by atoms with E-state index in [1.807, 2.05) is 0 Å². The molecular formula is C12H11ClN4O. The van der Waals surface area contributed by atoms with Crippen LogP contribution in [0.3, 0.4) is 0 Å². The molecule has 0 atom stereocenters. The first-order valence-electron chi connectivity index (χ1n) is 5.18. The van der Waals surface area contributed by atoms with E-state index in [-0.39, 0.29) is 5.91 Å². The zero-order valence-electron chi connectivity index (χ0n) is 9.35. The Morgan fingerprint density at radius 1 is 1.33 bits per heavy atom. The highest BCUT2D eigenvalue weighted by Crippen LogP contribution is 2.21. The van der Waals surface area contributed by atoms with E-state index in [1.54, 1.807) is 42.7 Å². The minimum Gasteiger partial charge on any atom is -0.323 e. The van der Waals surface area contributed by atoms with Gasteiger partial charge in [-0.15, -0.1) is 0 Å². The fraction of sp³-hybridized carbons (Fsp3) is 0. The molecule has 0 unspecified atom stereocenters. The van der Waals surface area contributed by atoms with Gasteiger partial charge >= 0.3 is 0 Å². The molecule has 0 radical (unpaired) electrons. The molecule has 0 aliphatic rings. The van der Waals surface area contributed by atoms with Crippen LogP contribution in [0.25, 0.3) is 0 Å². The highest BCUT2D eigenvalue weighted by atomic mass is 35.5. The Morgan fingerprint density at radius 2 is 2.17 bits per heavy atom. The molecule has 2 rings (SSSR count). The van der Waals surface area contributed by atoms with Crippen molar-refractivity contribution in [2.24, 2.45) is 5.84 Å². The van der Waals surface area contributed by atoms with E-state index in [9.17, 15) is 4.79 Å². The van der Waals surface area contributed by atoms with Crippen LogP contribution in [0.4, 0.5) is 11.4 Å². The van der Waals surface area contributed by atoms with Gasteiger partial charge in [-0.1, -0.05) is 11.6 Å². The predicted octanol–water partition coefficient (Wildman–Crippen LogP) is 2.27. The van der Waals surface area contributed by atoms with E-state index in [1.165, 1.54) is 0 Å². The molecular weight excluding hydrogens is 252 g/mol. The first-order chi connectivity index (χ1) is 8.70. The average molecular weight is 263 g/mol. The summed E-state index contributed by atoms with van der Waals surface area (Å²) in [6, 6.07) is 8.31. The van der Waals surface area contributed by atoms with Crippen LogP contribution >= 0.6 is 11.6 Å². The van der Waals surface area contributed by atoms with E-state index < -0.39 is 0 Å². The van der Waals surface area contributed by atoms with Crippen molar-refractivity contribution in [3.8, 4) is 0 Å². The summed E-state index contributed by atoms with van der Waals surface area (Å²) < 4.78 is 0. The van der Waals surface area contributed by atoms with Crippen molar-refractivity contribution in [3.05, 3.63) is 53.3 Å². The lowest BCUT2D eigenvalue weighted by molar-refractivity contribution is 0.102. The average Bonchev–Trinajstić information content (AvgIpc) is 2.40. The monoisotopic (exact) mass is 262 g/mol. The third-order valence-corrected chi connectivity index (χ3v) is 2.54. The maximum absolute atomic E-state index is 12.1. The third kappa shape index (κ3) is 2.77. The van der Waals surface area contributed by atoms with Gasteiger partial charge in [-0.3, -0.25) is 15.6 Å². The van der Waals surface area contributed by atoms with Gasteiger partial charge in [-0.05, 0) is 30.3 Å². The topological polar surface area (TPSA) is 80.0 Å². The van der Waals surface area contributed by atoms with Crippen molar-refractivity contribution in [2.75, 3.05) is 10.7 Å². The minimum absolute atomic E-state index is 0.307. The largest absolute Gasteiger partial charge is 0.323 e. The van der Waals surface area contributed by atoms with Crippen LogP contribution < -0.4 is 16.6 Å². The molecule has 0 bridgehead atoms. The summed E-state index contributed by atoms with van der Waals surface area (Å²) in [5.74, 6) is 5.04. The molecule has 1 aromatic carbocycles. The van der Waals surface area contributed by atoms with Crippen LogP contribution in [0.15, 0.2) is 42.7 Å². The zero-order valence-corrected chi connectivity index (χ0v) is 10.1. The minimum atomic E-state index is -0.307. The molecule has 6 heteroatoms. The van der Waals surface area contributed by atoms with Gasteiger partial charge in [0.25, 0.3) is 5.91 Å². The number of hydrogen-bond acceptors (Lipinski definition) is 4. The molecule has 18 heavy (non-hydrogen) atoms. The van der Waals surface area contributed by atoms with E-state index >= 15 is 0 Å². The zero-order chi connectivity index (χ0) is 13.0. The second kappa shape index (κ2) is 5.48. The van der Waals surface area contributed by atoms with Crippen LogP contribution in [0.1, 0.15) is 10.4 Å². The lowest BCUT2D eigenvalue weighted by atomic mass is 10.1. The molecule has 1 heterocycles. The van der Waals surface area contributed by atoms with Crippen molar-refractivity contribution in [3.63, 3.8) is 0 Å². The number of hydrogen-bond donors (Lipinski definition) is 3. The number of nitrogens with one attached hydrogen (secondary N) is 2. The number of carbonyl (C=O) groups is 1. The summed E-state index contributed by atoms with van der Waals surface area (Å²) in [5, 5.41) is 3.17. The third-order valence-electron chi connectivity index (χ3n) is 2.30. The number of nitrogens with two attached hydrogens (primary N) is 1. The van der Waals surface area contributed by atoms with Crippen molar-refractivity contribution >= 4 is 28.9 Å². The van der Waals surface area contributed by atoms with E-state index in [0.29, 0.717) is 22.0 Å². The Kier molecular flexibility index (Phi) is 3.76. The van der Waals surface area contributed by atoms with Gasteiger partial charge in [0.15, 0.2) is 0 Å². The van der Waals surface area contributed by atoms with E-state index in [0.717, 1.165) is 0 Å². The summed E-state index contributed by atoms with van der Waals surface area (Å²) in [5.41, 5.74) is 3.93. The van der Waals surface area contributed by atoms with E-state index in [2.05, 4.69) is 15.7 Å². The van der Waals surface area contributed by atoms with Crippen LogP contribution in [0.2, 0.25) is 5.02 Å². The molecule has 0 spiro atoms. The molecule has 0 aliphatic carbocycles. The van der Waals surface area contributed by atoms with Crippen LogP contribution in [0, 0.1) is 0 Å². The van der Waals surface area contributed by atoms with Gasteiger partial charge < -0.3 is 10.7 Å². The Labute approximate surface area is 109 Å². The van der Waals surface area contributed by atoms with Crippen LogP contribution in [-0.2, 0) is 0 Å². The van der Waals surface area contributed by atoms with Crippen LogP contribution in [-0.4, -0.2) is 10.9 Å². The number of carbonyl (C=O) groups excluding carboxylic acids is 1. The highest BCUT2D eigenvalue weighted by Gasteiger charge is 2.11. The quantitative estimate of drug-likeness (QED) is 0.586. The van der Waals surface area contributed by atoms with Crippen LogP contribution in [0.5, 0.6) is 0 Å². The molecule has 5 nitrogen and oxygen atoms in total. The predicted molar refractivity (Wildman–Crippen MR) is 71.5 cm³/mol. The molecule has 0 saturated carbocycles. The summed E-state index contributed by atoms with van der Waals surface area (Å²) in [4.78, 5) is 16.0. The summed E-state index contributed by atoms with van der Waals surface area (Å²) >= 11 is 5.86. The Bertz CT molecular complexity index is 559. The first-order valence-corrected chi connectivity index (χ1v) is 5.56. The lowest BCUT2D eigenvalue weighted by Gasteiger charge is -2.09. The molecule has 0 fully saturated rings. The standard InChI is InChI=1S/C12H11ClN4O/c13-8-3-4-11(17-14)10(6-8)12(18)16-9-2-1-5-15-7-9/h1-7,17H,14H2,(H,16,18). The number of nitrogen functional groups attached to an aromatic ring is 1. The number of anilines is 2. The summed E-state index contributed by atoms with van der Waals surface area (Å²) in [6.45, 7) is 0. The molecule has 1 amide bonds. The first kappa shape index (κ1) is 12.3. The number of aromatic nitrogens is 1. The van der Waals surface area contributed by atoms with Gasteiger partial charge in [0.2, 0.25) is 0 Å². The summed E-state index contributed by atoms with van der Waals surface area (Å²) in [7, 11) is 0. The maximum Gasteiger partial charge on any atom is 0.257 e. The smallest absolute Gasteiger partial charge is 0.257 e. The molecule has 4 N–H and O–H groups in total. The number of hydrazine groups is 1. The van der Waals surface area contributed by atoms with Gasteiger partial charge in [0.05, 0.1) is 23.1 Å². The molecule has 0 aliphatic heterocycles. The molecule has 1 aromatic heterocycles. The molecule has 2 aromatic rings. The lowest BCUT2D eigenvalue weighted by Crippen LogP contribution is -2.17. The second-order valence-corrected chi connectivity index (χ2v) is 3.97. The number of amides is 1. The fourth-order valence-corrected chi connectivity index (χ4v) is 1.64. The van der Waals surface area contributed by atoms with Crippen molar-refractivity contribution in [1.82, 2.24) is 4.98 Å². The maximum atomic E-state index is 12.1. The normalized spacial score (nSPS) is 9.89. The number of nitrogens with zero attached hydrogens (tertiary/aromatic N) is 1. The van der Waals surface area contributed by atoms with Gasteiger partial charge in [-0.25, -0.2) is 0 Å². The Hall–Kier alpha value is -2.11.